The van der Waals surface area contributed by atoms with Crippen molar-refractivity contribution in [2.24, 2.45) is 10.3 Å². The Balaban J connectivity index is 2.21. The Morgan fingerprint density at radius 3 is 2.48 bits per heavy atom. The molecule has 0 heterocycles. The zero-order chi connectivity index (χ0) is 21.4. The fourth-order valence-electron chi connectivity index (χ4n) is 2.47. The lowest BCUT2D eigenvalue weighted by molar-refractivity contribution is -0.137. The van der Waals surface area contributed by atoms with Crippen molar-refractivity contribution in [2.45, 2.75) is 19.7 Å². The Bertz CT molecular complexity index is 924. The number of oxime groups is 2. The molecule has 0 unspecified atom stereocenters. The molecule has 0 saturated heterocycles. The van der Waals surface area contributed by atoms with Crippen molar-refractivity contribution >= 4 is 17.3 Å². The Kier molecular flexibility index (Phi) is 7.35. The molecule has 0 radical (unpaired) electrons. The van der Waals surface area contributed by atoms with E-state index in [-0.39, 0.29) is 18.0 Å². The molecule has 29 heavy (non-hydrogen) atoms. The van der Waals surface area contributed by atoms with Crippen LogP contribution < -0.4 is 5.32 Å². The summed E-state index contributed by atoms with van der Waals surface area (Å²) in [5.74, 6) is -0.442. The Morgan fingerprint density at radius 1 is 1.10 bits per heavy atom. The molecule has 0 fully saturated rings. The molecule has 0 aromatic heterocycles. The maximum atomic E-state index is 12.9. The van der Waals surface area contributed by atoms with E-state index < -0.39 is 17.6 Å². The summed E-state index contributed by atoms with van der Waals surface area (Å²) < 4.78 is 38.6. The Labute approximate surface area is 166 Å². The molecule has 0 bridgehead atoms. The van der Waals surface area contributed by atoms with Crippen LogP contribution >= 0.6 is 0 Å². The molecule has 0 aliphatic carbocycles. The lowest BCUT2D eigenvalue weighted by Gasteiger charge is -2.11. The molecule has 0 spiro atoms. The number of hydrogen-bond acceptors (Lipinski definition) is 5. The highest BCUT2D eigenvalue weighted by Crippen LogP contribution is 2.29. The second kappa shape index (κ2) is 9.72. The van der Waals surface area contributed by atoms with Crippen LogP contribution in [0.1, 0.15) is 29.2 Å². The lowest BCUT2D eigenvalue weighted by Crippen LogP contribution is -2.29. The summed E-state index contributed by atoms with van der Waals surface area (Å²) in [6.07, 6.45) is -4.44. The third kappa shape index (κ3) is 5.81. The van der Waals surface area contributed by atoms with Crippen molar-refractivity contribution in [3.63, 3.8) is 0 Å². The first kappa shape index (κ1) is 21.9. The van der Waals surface area contributed by atoms with Gasteiger partial charge in [0.2, 0.25) is 0 Å². The normalized spacial score (nSPS) is 12.5. The van der Waals surface area contributed by atoms with Crippen molar-refractivity contribution in [1.29, 1.82) is 0 Å². The highest BCUT2D eigenvalue weighted by molar-refractivity contribution is 6.45. The summed E-state index contributed by atoms with van der Waals surface area (Å²) in [6.45, 7) is 1.52. The van der Waals surface area contributed by atoms with Crippen LogP contribution in [0.2, 0.25) is 0 Å². The molecule has 0 aliphatic rings. The molecule has 154 valence electrons. The van der Waals surface area contributed by atoms with E-state index in [9.17, 15) is 18.0 Å². The number of amides is 1. The average molecular weight is 407 g/mol. The second-order valence-corrected chi connectivity index (χ2v) is 5.89. The van der Waals surface area contributed by atoms with Gasteiger partial charge in [0.25, 0.3) is 5.91 Å². The van der Waals surface area contributed by atoms with Crippen LogP contribution in [0.5, 0.6) is 0 Å². The maximum absolute atomic E-state index is 12.9. The third-order valence-corrected chi connectivity index (χ3v) is 3.93. The molecule has 9 heteroatoms. The molecule has 1 N–H and O–H groups in total. The van der Waals surface area contributed by atoms with E-state index in [0.29, 0.717) is 16.7 Å². The van der Waals surface area contributed by atoms with Gasteiger partial charge < -0.3 is 15.0 Å². The van der Waals surface area contributed by atoms with Crippen LogP contribution in [0.15, 0.2) is 58.8 Å². The van der Waals surface area contributed by atoms with E-state index in [0.717, 1.165) is 12.1 Å². The van der Waals surface area contributed by atoms with Gasteiger partial charge in [0.15, 0.2) is 5.71 Å². The number of nitrogens with one attached hydrogen (secondary N) is 1. The van der Waals surface area contributed by atoms with E-state index in [1.165, 1.54) is 26.3 Å². The fraction of sp³-hybridized carbons (Fsp3) is 0.250. The van der Waals surface area contributed by atoms with Gasteiger partial charge in [-0.1, -0.05) is 46.7 Å². The number of rotatable bonds is 7. The monoisotopic (exact) mass is 407 g/mol. The quantitative estimate of drug-likeness (QED) is 0.561. The maximum Gasteiger partial charge on any atom is 0.416 e. The van der Waals surface area contributed by atoms with Crippen LogP contribution in [0, 0.1) is 0 Å². The van der Waals surface area contributed by atoms with Gasteiger partial charge in [-0.05, 0) is 24.6 Å². The van der Waals surface area contributed by atoms with Crippen molar-refractivity contribution in [2.75, 3.05) is 14.2 Å². The van der Waals surface area contributed by atoms with Crippen LogP contribution in [-0.4, -0.2) is 31.5 Å². The molecule has 0 aliphatic heterocycles. The van der Waals surface area contributed by atoms with Gasteiger partial charge in [-0.3, -0.25) is 4.79 Å². The van der Waals surface area contributed by atoms with Crippen LogP contribution in [-0.2, 0) is 27.3 Å². The summed E-state index contributed by atoms with van der Waals surface area (Å²) in [5.41, 5.74) is 0.965. The minimum atomic E-state index is -4.44. The standard InChI is InChI=1S/C20H20F3N3O3/c1-13(14-8-6-9-16(11-14)20(21,22)23)25-29-12-15-7-4-5-10-17(15)18(26-28-3)19(27)24-2/h4-11H,12H2,1-3H3,(H,24,27)/b25-13+,26-18+. The van der Waals surface area contributed by atoms with Crippen molar-refractivity contribution < 1.29 is 27.6 Å². The summed E-state index contributed by atoms with van der Waals surface area (Å²) in [6, 6.07) is 11.7. The predicted molar refractivity (Wildman–Crippen MR) is 102 cm³/mol. The molecule has 6 nitrogen and oxygen atoms in total. The van der Waals surface area contributed by atoms with Gasteiger partial charge >= 0.3 is 6.18 Å². The van der Waals surface area contributed by atoms with Crippen molar-refractivity contribution in [1.82, 2.24) is 5.32 Å². The van der Waals surface area contributed by atoms with E-state index in [1.54, 1.807) is 31.2 Å². The van der Waals surface area contributed by atoms with Gasteiger partial charge in [0.1, 0.15) is 13.7 Å². The number of carbonyl (C=O) groups excluding carboxylic acids is 1. The highest BCUT2D eigenvalue weighted by Gasteiger charge is 2.30. The van der Waals surface area contributed by atoms with Crippen LogP contribution in [0.4, 0.5) is 13.2 Å². The minimum Gasteiger partial charge on any atom is -0.398 e. The predicted octanol–water partition coefficient (Wildman–Crippen LogP) is 3.74. The molecule has 0 atom stereocenters. The summed E-state index contributed by atoms with van der Waals surface area (Å²) >= 11 is 0. The number of likely N-dealkylation sites (N-methyl/N-ethyl adjacent to an activating group) is 1. The summed E-state index contributed by atoms with van der Waals surface area (Å²) in [5, 5.41) is 10.1. The van der Waals surface area contributed by atoms with Crippen LogP contribution in [0.25, 0.3) is 0 Å². The van der Waals surface area contributed by atoms with Crippen molar-refractivity contribution in [3.05, 3.63) is 70.8 Å². The largest absolute Gasteiger partial charge is 0.416 e. The number of nitrogens with zero attached hydrogens (tertiary/aromatic N) is 2. The SMILES string of the molecule is CNC(=O)/C(=N/OC)c1ccccc1CO/N=C(\C)c1cccc(C(F)(F)F)c1. The first-order valence-corrected chi connectivity index (χ1v) is 8.53. The zero-order valence-corrected chi connectivity index (χ0v) is 16.1. The lowest BCUT2D eigenvalue weighted by atomic mass is 10.0. The molecular formula is C20H20F3N3O3. The first-order chi connectivity index (χ1) is 13.8. The number of carbonyl (C=O) groups is 1. The minimum absolute atomic E-state index is 0.0216. The molecule has 1 amide bonds. The van der Waals surface area contributed by atoms with Gasteiger partial charge in [0, 0.05) is 18.2 Å². The molecular weight excluding hydrogens is 387 g/mol. The second-order valence-electron chi connectivity index (χ2n) is 5.89. The number of benzene rings is 2. The zero-order valence-electron chi connectivity index (χ0n) is 16.1. The molecule has 0 saturated carbocycles. The topological polar surface area (TPSA) is 72.3 Å². The average Bonchev–Trinajstić information content (AvgIpc) is 2.71. The summed E-state index contributed by atoms with van der Waals surface area (Å²) in [7, 11) is 2.79. The number of alkyl halides is 3. The van der Waals surface area contributed by atoms with E-state index >= 15 is 0 Å². The van der Waals surface area contributed by atoms with E-state index in [1.807, 2.05) is 0 Å². The van der Waals surface area contributed by atoms with E-state index in [2.05, 4.69) is 15.6 Å². The first-order valence-electron chi connectivity index (χ1n) is 8.53. The Morgan fingerprint density at radius 2 is 1.83 bits per heavy atom. The van der Waals surface area contributed by atoms with Gasteiger partial charge in [-0.2, -0.15) is 13.2 Å². The highest BCUT2D eigenvalue weighted by atomic mass is 19.4. The molecule has 2 rings (SSSR count). The van der Waals surface area contributed by atoms with Crippen molar-refractivity contribution in [3.8, 4) is 0 Å². The fourth-order valence-corrected chi connectivity index (χ4v) is 2.47. The molecule has 2 aromatic rings. The van der Waals surface area contributed by atoms with E-state index in [4.69, 9.17) is 9.68 Å². The third-order valence-electron chi connectivity index (χ3n) is 3.93. The molecule has 2 aromatic carbocycles. The van der Waals surface area contributed by atoms with Gasteiger partial charge in [-0.25, -0.2) is 0 Å². The smallest absolute Gasteiger partial charge is 0.398 e. The van der Waals surface area contributed by atoms with Crippen LogP contribution in [0.3, 0.4) is 0 Å². The Hall–Kier alpha value is -3.36. The van der Waals surface area contributed by atoms with Gasteiger partial charge in [-0.15, -0.1) is 0 Å². The summed E-state index contributed by atoms with van der Waals surface area (Å²) in [4.78, 5) is 22.1. The number of hydrogen-bond donors (Lipinski definition) is 1. The van der Waals surface area contributed by atoms with Gasteiger partial charge in [0.05, 0.1) is 11.3 Å². The number of halogens is 3.